The number of nitrogens with zero attached hydrogens (tertiary/aromatic N) is 3. The molecule has 0 radical (unpaired) electrons. The average Bonchev–Trinajstić information content (AvgIpc) is 2.74. The van der Waals surface area contributed by atoms with Gasteiger partial charge < -0.3 is 9.30 Å². The van der Waals surface area contributed by atoms with Crippen molar-refractivity contribution in [3.8, 4) is 28.5 Å². The van der Waals surface area contributed by atoms with E-state index in [2.05, 4.69) is 38.5 Å². The number of imidazole rings is 1. The lowest BCUT2D eigenvalue weighted by atomic mass is 10.2. The summed E-state index contributed by atoms with van der Waals surface area (Å²) in [7, 11) is 0. The Balaban J connectivity index is 1.94. The molecule has 0 amide bonds. The van der Waals surface area contributed by atoms with Gasteiger partial charge in [-0.3, -0.25) is 4.98 Å². The number of rotatable bonds is 1. The summed E-state index contributed by atoms with van der Waals surface area (Å²) in [4.78, 5) is 9.29. The van der Waals surface area contributed by atoms with Crippen molar-refractivity contribution in [1.82, 2.24) is 14.5 Å². The summed E-state index contributed by atoms with van der Waals surface area (Å²) >= 11 is 3.69. The van der Waals surface area contributed by atoms with Crippen molar-refractivity contribution in [3.05, 3.63) is 52.8 Å². The highest BCUT2D eigenvalue weighted by molar-refractivity contribution is 9.10. The molecule has 4 rings (SSSR count). The van der Waals surface area contributed by atoms with Crippen molar-refractivity contribution < 1.29 is 4.74 Å². The lowest BCUT2D eigenvalue weighted by molar-refractivity contribution is 0.306. The predicted molar refractivity (Wildman–Crippen MR) is 88.8 cm³/mol. The molecular formula is C17H14BrN3O. The van der Waals surface area contributed by atoms with E-state index in [0.717, 1.165) is 39.7 Å². The van der Waals surface area contributed by atoms with Gasteiger partial charge in [-0.05, 0) is 52.7 Å². The maximum Gasteiger partial charge on any atom is 0.145 e. The van der Waals surface area contributed by atoms with Gasteiger partial charge in [0.05, 0.1) is 17.8 Å². The molecule has 4 nitrogen and oxygen atoms in total. The van der Waals surface area contributed by atoms with Crippen LogP contribution in [0.15, 0.2) is 47.2 Å². The third kappa shape index (κ3) is 2.13. The summed E-state index contributed by atoms with van der Waals surface area (Å²) in [6, 6.07) is 12.1. The van der Waals surface area contributed by atoms with E-state index < -0.39 is 0 Å². The predicted octanol–water partition coefficient (Wildman–Crippen LogP) is 4.08. The number of fused-ring (bicyclic) bond motifs is 3. The Kier molecular flexibility index (Phi) is 3.22. The average molecular weight is 356 g/mol. The zero-order chi connectivity index (χ0) is 15.1. The largest absolute Gasteiger partial charge is 0.491 e. The Bertz CT molecular complexity index is 857. The summed E-state index contributed by atoms with van der Waals surface area (Å²) in [5.41, 5.74) is 3.93. The standard InChI is InChI=1S/C17H14BrN3O/c1-11-6-7-19-13(10-11)15-16(18)21-8-9-22-14-5-3-2-4-12(14)17(21)20-15/h2-7,10H,8-9H2,1H3. The second kappa shape index (κ2) is 5.25. The van der Waals surface area contributed by atoms with E-state index in [-0.39, 0.29) is 0 Å². The van der Waals surface area contributed by atoms with Crippen molar-refractivity contribution in [2.45, 2.75) is 13.5 Å². The Morgan fingerprint density at radius 2 is 2.09 bits per heavy atom. The number of hydrogen-bond donors (Lipinski definition) is 0. The number of ether oxygens (including phenoxy) is 1. The molecule has 0 saturated heterocycles. The minimum atomic E-state index is 0.625. The fourth-order valence-corrected chi connectivity index (χ4v) is 3.33. The quantitative estimate of drug-likeness (QED) is 0.660. The molecule has 1 aliphatic rings. The monoisotopic (exact) mass is 355 g/mol. The number of benzene rings is 1. The van der Waals surface area contributed by atoms with E-state index in [1.165, 1.54) is 5.56 Å². The van der Waals surface area contributed by atoms with Gasteiger partial charge >= 0.3 is 0 Å². The first-order valence-corrected chi connectivity index (χ1v) is 7.94. The third-order valence-electron chi connectivity index (χ3n) is 3.76. The number of para-hydroxylation sites is 1. The molecule has 110 valence electrons. The van der Waals surface area contributed by atoms with Gasteiger partial charge in [0.25, 0.3) is 0 Å². The van der Waals surface area contributed by atoms with Gasteiger partial charge in [0, 0.05) is 6.20 Å². The summed E-state index contributed by atoms with van der Waals surface area (Å²) in [6.07, 6.45) is 1.82. The van der Waals surface area contributed by atoms with Crippen molar-refractivity contribution in [1.29, 1.82) is 0 Å². The normalized spacial score (nSPS) is 13.0. The molecule has 3 heterocycles. The van der Waals surface area contributed by atoms with Crippen LogP contribution >= 0.6 is 15.9 Å². The van der Waals surface area contributed by atoms with Crippen LogP contribution in [0.2, 0.25) is 0 Å². The van der Waals surface area contributed by atoms with Crippen LogP contribution in [0.3, 0.4) is 0 Å². The molecule has 0 unspecified atom stereocenters. The van der Waals surface area contributed by atoms with Crippen molar-refractivity contribution in [3.63, 3.8) is 0 Å². The number of halogens is 1. The molecule has 0 aliphatic carbocycles. The molecule has 3 aromatic rings. The van der Waals surface area contributed by atoms with Gasteiger partial charge in [0.2, 0.25) is 0 Å². The van der Waals surface area contributed by atoms with Crippen molar-refractivity contribution in [2.24, 2.45) is 0 Å². The first-order chi connectivity index (χ1) is 10.7. The minimum Gasteiger partial charge on any atom is -0.491 e. The Morgan fingerprint density at radius 3 is 2.95 bits per heavy atom. The Morgan fingerprint density at radius 1 is 1.23 bits per heavy atom. The van der Waals surface area contributed by atoms with Crippen molar-refractivity contribution >= 4 is 15.9 Å². The van der Waals surface area contributed by atoms with Crippen LogP contribution in [0.4, 0.5) is 0 Å². The van der Waals surface area contributed by atoms with E-state index in [4.69, 9.17) is 9.72 Å². The lowest BCUT2D eigenvalue weighted by Crippen LogP contribution is -2.05. The molecule has 0 spiro atoms. The highest BCUT2D eigenvalue weighted by atomic mass is 79.9. The van der Waals surface area contributed by atoms with Crippen LogP contribution in [-0.2, 0) is 6.54 Å². The number of aromatic nitrogens is 3. The minimum absolute atomic E-state index is 0.625. The molecular weight excluding hydrogens is 342 g/mol. The SMILES string of the molecule is Cc1ccnc(-c2nc3n(c2Br)CCOc2ccccc2-3)c1. The fraction of sp³-hybridized carbons (Fsp3) is 0.176. The second-order valence-electron chi connectivity index (χ2n) is 5.29. The number of hydrogen-bond acceptors (Lipinski definition) is 3. The van der Waals surface area contributed by atoms with Gasteiger partial charge in [-0.2, -0.15) is 0 Å². The van der Waals surface area contributed by atoms with Gasteiger partial charge in [0.1, 0.15) is 28.5 Å². The van der Waals surface area contributed by atoms with Crippen molar-refractivity contribution in [2.75, 3.05) is 6.61 Å². The van der Waals surface area contributed by atoms with E-state index in [1.54, 1.807) is 0 Å². The van der Waals surface area contributed by atoms with Gasteiger partial charge in [-0.15, -0.1) is 0 Å². The molecule has 0 atom stereocenters. The van der Waals surface area contributed by atoms with Gasteiger partial charge in [-0.25, -0.2) is 4.98 Å². The molecule has 1 aliphatic heterocycles. The molecule has 2 aromatic heterocycles. The number of pyridine rings is 1. The van der Waals surface area contributed by atoms with E-state index in [0.29, 0.717) is 6.61 Å². The maximum absolute atomic E-state index is 5.81. The summed E-state index contributed by atoms with van der Waals surface area (Å²) < 4.78 is 8.90. The first-order valence-electron chi connectivity index (χ1n) is 7.15. The topological polar surface area (TPSA) is 39.9 Å². The molecule has 0 bridgehead atoms. The molecule has 0 fully saturated rings. The lowest BCUT2D eigenvalue weighted by Gasteiger charge is -2.05. The highest BCUT2D eigenvalue weighted by Crippen LogP contribution is 2.37. The summed E-state index contributed by atoms with van der Waals surface area (Å²) in [5.74, 6) is 1.79. The molecule has 0 N–H and O–H groups in total. The molecule has 1 aromatic carbocycles. The number of aryl methyl sites for hydroxylation is 1. The molecule has 0 saturated carbocycles. The Labute approximate surface area is 136 Å². The zero-order valence-electron chi connectivity index (χ0n) is 12.1. The smallest absolute Gasteiger partial charge is 0.145 e. The van der Waals surface area contributed by atoms with Crippen LogP contribution in [0.1, 0.15) is 5.56 Å². The maximum atomic E-state index is 5.81. The van der Waals surface area contributed by atoms with Gasteiger partial charge in [0.15, 0.2) is 0 Å². The van der Waals surface area contributed by atoms with E-state index in [9.17, 15) is 0 Å². The fourth-order valence-electron chi connectivity index (χ4n) is 2.70. The molecule has 22 heavy (non-hydrogen) atoms. The second-order valence-corrected chi connectivity index (χ2v) is 6.04. The van der Waals surface area contributed by atoms with Gasteiger partial charge in [-0.1, -0.05) is 12.1 Å². The van der Waals surface area contributed by atoms with Crippen LogP contribution in [0.5, 0.6) is 5.75 Å². The highest BCUT2D eigenvalue weighted by Gasteiger charge is 2.23. The van der Waals surface area contributed by atoms with Crippen LogP contribution in [-0.4, -0.2) is 21.1 Å². The van der Waals surface area contributed by atoms with E-state index in [1.807, 2.05) is 36.5 Å². The zero-order valence-corrected chi connectivity index (χ0v) is 13.7. The van der Waals surface area contributed by atoms with Crippen LogP contribution in [0.25, 0.3) is 22.8 Å². The van der Waals surface area contributed by atoms with E-state index >= 15 is 0 Å². The first kappa shape index (κ1) is 13.5. The molecule has 5 heteroatoms. The summed E-state index contributed by atoms with van der Waals surface area (Å²) in [5, 5.41) is 0. The summed E-state index contributed by atoms with van der Waals surface area (Å²) in [6.45, 7) is 3.44. The van der Waals surface area contributed by atoms with Crippen LogP contribution in [0, 0.1) is 6.92 Å². The Hall–Kier alpha value is -2.14. The third-order valence-corrected chi connectivity index (χ3v) is 4.57. The van der Waals surface area contributed by atoms with Crippen LogP contribution < -0.4 is 4.74 Å².